The first-order valence-corrected chi connectivity index (χ1v) is 4.32. The summed E-state index contributed by atoms with van der Waals surface area (Å²) in [4.78, 5) is 21.9. The number of hydrogen-bond acceptors (Lipinski definition) is 2. The van der Waals surface area contributed by atoms with E-state index in [1.807, 2.05) is 6.92 Å². The molecule has 1 aliphatic carbocycles. The Labute approximate surface area is 71.7 Å². The fourth-order valence-corrected chi connectivity index (χ4v) is 0.842. The van der Waals surface area contributed by atoms with Gasteiger partial charge >= 0.3 is 6.03 Å². The Morgan fingerprint density at radius 3 is 2.58 bits per heavy atom. The van der Waals surface area contributed by atoms with E-state index in [4.69, 9.17) is 0 Å². The quantitative estimate of drug-likeness (QED) is 0.652. The number of carbonyl (C=O) groups excluding carboxylic acids is 2. The molecule has 0 radical (unpaired) electrons. The topological polar surface area (TPSA) is 58.2 Å². The van der Waals surface area contributed by atoms with Crippen molar-refractivity contribution in [1.82, 2.24) is 10.6 Å². The number of amides is 3. The molecule has 68 valence electrons. The van der Waals surface area contributed by atoms with Crippen molar-refractivity contribution in [3.63, 3.8) is 0 Å². The normalized spacial score (nSPS) is 15.4. The minimum absolute atomic E-state index is 0.0948. The average molecular weight is 170 g/mol. The van der Waals surface area contributed by atoms with Gasteiger partial charge in [0, 0.05) is 12.5 Å². The molecule has 0 bridgehead atoms. The first-order chi connectivity index (χ1) is 5.74. The van der Waals surface area contributed by atoms with Crippen LogP contribution < -0.4 is 10.6 Å². The zero-order chi connectivity index (χ0) is 8.97. The molecule has 0 unspecified atom stereocenters. The molecule has 0 heterocycles. The van der Waals surface area contributed by atoms with Crippen LogP contribution in [0.1, 0.15) is 26.2 Å². The lowest BCUT2D eigenvalue weighted by Crippen LogP contribution is -2.40. The third-order valence-electron chi connectivity index (χ3n) is 1.72. The lowest BCUT2D eigenvalue weighted by molar-refractivity contribution is -0.121. The zero-order valence-electron chi connectivity index (χ0n) is 7.22. The highest BCUT2D eigenvalue weighted by Gasteiger charge is 2.30. The van der Waals surface area contributed by atoms with Crippen molar-refractivity contribution in [2.45, 2.75) is 26.2 Å². The number of imide groups is 1. The van der Waals surface area contributed by atoms with Crippen LogP contribution in [-0.4, -0.2) is 18.5 Å². The second-order valence-electron chi connectivity index (χ2n) is 3.02. The molecule has 1 saturated carbocycles. The van der Waals surface area contributed by atoms with Crippen molar-refractivity contribution < 1.29 is 9.59 Å². The molecule has 0 aromatic heterocycles. The Kier molecular flexibility index (Phi) is 3.08. The van der Waals surface area contributed by atoms with E-state index in [2.05, 4.69) is 10.6 Å². The first-order valence-electron chi connectivity index (χ1n) is 4.32. The molecule has 4 heteroatoms. The van der Waals surface area contributed by atoms with Crippen LogP contribution in [0.15, 0.2) is 0 Å². The molecular formula is C8H14N2O2. The summed E-state index contributed by atoms with van der Waals surface area (Å²) in [5.74, 6) is -0.0408. The van der Waals surface area contributed by atoms with Gasteiger partial charge in [-0.25, -0.2) is 4.79 Å². The van der Waals surface area contributed by atoms with Gasteiger partial charge < -0.3 is 5.32 Å². The third kappa shape index (κ3) is 2.90. The van der Waals surface area contributed by atoms with Crippen LogP contribution in [0.3, 0.4) is 0 Å². The predicted octanol–water partition coefficient (Wildman–Crippen LogP) is 0.632. The fraction of sp³-hybridized carbons (Fsp3) is 0.750. The molecule has 0 aliphatic heterocycles. The molecule has 0 aromatic carbocycles. The monoisotopic (exact) mass is 170 g/mol. The molecule has 1 rings (SSSR count). The highest BCUT2D eigenvalue weighted by atomic mass is 16.2. The maximum Gasteiger partial charge on any atom is 0.321 e. The van der Waals surface area contributed by atoms with Crippen molar-refractivity contribution in [1.29, 1.82) is 0 Å². The van der Waals surface area contributed by atoms with E-state index in [0.717, 1.165) is 19.3 Å². The minimum Gasteiger partial charge on any atom is -0.338 e. The highest BCUT2D eigenvalue weighted by molar-refractivity contribution is 5.96. The minimum atomic E-state index is -0.367. The van der Waals surface area contributed by atoms with E-state index in [-0.39, 0.29) is 17.9 Å². The molecule has 0 atom stereocenters. The van der Waals surface area contributed by atoms with E-state index in [9.17, 15) is 9.59 Å². The lowest BCUT2D eigenvalue weighted by atomic mass is 10.4. The summed E-state index contributed by atoms with van der Waals surface area (Å²) in [6.07, 6.45) is 2.73. The van der Waals surface area contributed by atoms with E-state index in [1.54, 1.807) is 0 Å². The lowest BCUT2D eigenvalue weighted by Gasteiger charge is -2.03. The molecule has 1 aliphatic rings. The van der Waals surface area contributed by atoms with E-state index in [0.29, 0.717) is 6.54 Å². The van der Waals surface area contributed by atoms with Crippen molar-refractivity contribution in [3.05, 3.63) is 0 Å². The van der Waals surface area contributed by atoms with E-state index >= 15 is 0 Å². The Morgan fingerprint density at radius 1 is 1.42 bits per heavy atom. The number of carbonyl (C=O) groups is 2. The highest BCUT2D eigenvalue weighted by Crippen LogP contribution is 2.28. The van der Waals surface area contributed by atoms with Crippen LogP contribution in [0.25, 0.3) is 0 Å². The van der Waals surface area contributed by atoms with Gasteiger partial charge in [0.05, 0.1) is 0 Å². The predicted molar refractivity (Wildman–Crippen MR) is 44.6 cm³/mol. The van der Waals surface area contributed by atoms with Gasteiger partial charge in [0.15, 0.2) is 0 Å². The molecule has 12 heavy (non-hydrogen) atoms. The van der Waals surface area contributed by atoms with Crippen LogP contribution in [0.4, 0.5) is 4.79 Å². The SMILES string of the molecule is CCCNC(=O)NC(=O)C1CC1. The summed E-state index contributed by atoms with van der Waals surface area (Å²) in [7, 11) is 0. The van der Waals surface area contributed by atoms with Crippen LogP contribution in [0, 0.1) is 5.92 Å². The molecule has 1 fully saturated rings. The summed E-state index contributed by atoms with van der Waals surface area (Å²) in [5, 5.41) is 4.86. The molecule has 3 amide bonds. The van der Waals surface area contributed by atoms with Gasteiger partial charge in [-0.15, -0.1) is 0 Å². The van der Waals surface area contributed by atoms with Crippen molar-refractivity contribution >= 4 is 11.9 Å². The second-order valence-corrected chi connectivity index (χ2v) is 3.02. The average Bonchev–Trinajstić information content (AvgIpc) is 2.82. The molecule has 0 spiro atoms. The number of urea groups is 1. The second kappa shape index (κ2) is 4.09. The molecule has 4 nitrogen and oxygen atoms in total. The third-order valence-corrected chi connectivity index (χ3v) is 1.72. The van der Waals surface area contributed by atoms with Gasteiger partial charge in [-0.3, -0.25) is 10.1 Å². The van der Waals surface area contributed by atoms with Gasteiger partial charge in [0.1, 0.15) is 0 Å². The van der Waals surface area contributed by atoms with Gasteiger partial charge in [0.2, 0.25) is 5.91 Å². The molecule has 0 aromatic rings. The number of rotatable bonds is 3. The van der Waals surface area contributed by atoms with Crippen LogP contribution in [0.2, 0.25) is 0 Å². The molecular weight excluding hydrogens is 156 g/mol. The Morgan fingerprint density at radius 2 is 2.08 bits per heavy atom. The fourth-order valence-electron chi connectivity index (χ4n) is 0.842. The zero-order valence-corrected chi connectivity index (χ0v) is 7.22. The largest absolute Gasteiger partial charge is 0.338 e. The summed E-state index contributed by atoms with van der Waals surface area (Å²) < 4.78 is 0. The van der Waals surface area contributed by atoms with Crippen LogP contribution >= 0.6 is 0 Å². The van der Waals surface area contributed by atoms with Crippen molar-refractivity contribution in [2.75, 3.05) is 6.54 Å². The van der Waals surface area contributed by atoms with Crippen LogP contribution in [-0.2, 0) is 4.79 Å². The maximum atomic E-state index is 11.0. The Hall–Kier alpha value is -1.06. The van der Waals surface area contributed by atoms with Gasteiger partial charge in [-0.05, 0) is 19.3 Å². The van der Waals surface area contributed by atoms with E-state index < -0.39 is 0 Å². The maximum absolute atomic E-state index is 11.0. The number of nitrogens with one attached hydrogen (secondary N) is 2. The summed E-state index contributed by atoms with van der Waals surface area (Å²) in [5.41, 5.74) is 0. The first kappa shape index (κ1) is 9.03. The van der Waals surface area contributed by atoms with Crippen LogP contribution in [0.5, 0.6) is 0 Å². The van der Waals surface area contributed by atoms with Gasteiger partial charge in [-0.2, -0.15) is 0 Å². The summed E-state index contributed by atoms with van der Waals surface area (Å²) >= 11 is 0. The van der Waals surface area contributed by atoms with Crippen molar-refractivity contribution in [3.8, 4) is 0 Å². The summed E-state index contributed by atoms with van der Waals surface area (Å²) in [6, 6.07) is -0.367. The molecule has 0 saturated heterocycles. The smallest absolute Gasteiger partial charge is 0.321 e. The number of hydrogen-bond donors (Lipinski definition) is 2. The molecule has 2 N–H and O–H groups in total. The Balaban J connectivity index is 2.11. The van der Waals surface area contributed by atoms with E-state index in [1.165, 1.54) is 0 Å². The Bertz CT molecular complexity index is 187. The van der Waals surface area contributed by atoms with Crippen molar-refractivity contribution in [2.24, 2.45) is 5.92 Å². The van der Waals surface area contributed by atoms with Gasteiger partial charge in [-0.1, -0.05) is 6.92 Å². The summed E-state index contributed by atoms with van der Waals surface area (Å²) in [6.45, 7) is 2.58. The van der Waals surface area contributed by atoms with Gasteiger partial charge in [0.25, 0.3) is 0 Å². The standard InChI is InChI=1S/C8H14N2O2/c1-2-5-9-8(12)10-7(11)6-3-4-6/h6H,2-5H2,1H3,(H2,9,10,11,12).